The van der Waals surface area contributed by atoms with Gasteiger partial charge < -0.3 is 4.90 Å². The van der Waals surface area contributed by atoms with Crippen LogP contribution in [0.2, 0.25) is 10.0 Å². The largest absolute Gasteiger partial charge is 0.330 e. The highest BCUT2D eigenvalue weighted by Crippen LogP contribution is 2.42. The van der Waals surface area contributed by atoms with E-state index in [0.717, 1.165) is 29.4 Å². The summed E-state index contributed by atoms with van der Waals surface area (Å²) in [6.45, 7) is 0.238. The Hall–Kier alpha value is -2.49. The van der Waals surface area contributed by atoms with Gasteiger partial charge in [-0.2, -0.15) is 4.31 Å². The Morgan fingerprint density at radius 3 is 2.68 bits per heavy atom. The van der Waals surface area contributed by atoms with Gasteiger partial charge in [0.2, 0.25) is 15.9 Å². The van der Waals surface area contributed by atoms with E-state index >= 15 is 0 Å². The molecule has 3 heterocycles. The zero-order valence-electron chi connectivity index (χ0n) is 19.7. The number of thiophene rings is 1. The molecule has 0 saturated heterocycles. The van der Waals surface area contributed by atoms with E-state index in [9.17, 15) is 13.2 Å². The summed E-state index contributed by atoms with van der Waals surface area (Å²) in [4.78, 5) is 21.3. The van der Waals surface area contributed by atoms with Crippen LogP contribution in [0.25, 0.3) is 10.9 Å². The molecule has 0 radical (unpaired) electrons. The molecule has 0 spiro atoms. The summed E-state index contributed by atoms with van der Waals surface area (Å²) in [6.07, 6.45) is 3.75. The predicted molar refractivity (Wildman–Crippen MR) is 147 cm³/mol. The lowest BCUT2D eigenvalue weighted by molar-refractivity contribution is -0.133. The molecule has 2 aromatic carbocycles. The molecule has 37 heavy (non-hydrogen) atoms. The van der Waals surface area contributed by atoms with E-state index in [1.807, 2.05) is 29.6 Å². The molecule has 6 nitrogen and oxygen atoms in total. The molecule has 1 unspecified atom stereocenters. The van der Waals surface area contributed by atoms with Gasteiger partial charge in [0, 0.05) is 39.1 Å². The van der Waals surface area contributed by atoms with Gasteiger partial charge in [0.1, 0.15) is 4.90 Å². The van der Waals surface area contributed by atoms with Crippen LogP contribution in [0.4, 0.5) is 0 Å². The summed E-state index contributed by atoms with van der Waals surface area (Å²) in [5.74, 6) is -0.253. The van der Waals surface area contributed by atoms with E-state index in [4.69, 9.17) is 23.2 Å². The SMILES string of the molecule is O=C(CN(C1CC1)S(=O)(=O)c1cccc2cccnc12)N1CCc2sccc2C1c1ccc(Cl)cc1Cl. The summed E-state index contributed by atoms with van der Waals surface area (Å²) in [6, 6.07) is 15.4. The second-order valence-electron chi connectivity index (χ2n) is 9.32. The summed E-state index contributed by atoms with van der Waals surface area (Å²) >= 11 is 14.4. The predicted octanol–water partition coefficient (Wildman–Crippen LogP) is 5.93. The smallest absolute Gasteiger partial charge is 0.245 e. The Balaban J connectivity index is 1.37. The van der Waals surface area contributed by atoms with Gasteiger partial charge in [-0.25, -0.2) is 8.42 Å². The number of hydrogen-bond acceptors (Lipinski definition) is 5. The number of amides is 1. The Labute approximate surface area is 229 Å². The van der Waals surface area contributed by atoms with E-state index in [1.165, 1.54) is 9.18 Å². The van der Waals surface area contributed by atoms with Crippen molar-refractivity contribution >= 4 is 61.4 Å². The van der Waals surface area contributed by atoms with E-state index in [0.29, 0.717) is 28.5 Å². The molecule has 2 aliphatic rings. The molecule has 4 aromatic rings. The maximum atomic E-state index is 13.9. The van der Waals surface area contributed by atoms with Crippen LogP contribution in [0, 0.1) is 0 Å². The second-order valence-corrected chi connectivity index (χ2v) is 13.0. The van der Waals surface area contributed by atoms with E-state index in [2.05, 4.69) is 4.98 Å². The van der Waals surface area contributed by atoms with Gasteiger partial charge in [-0.15, -0.1) is 11.3 Å². The molecule has 0 bridgehead atoms. The van der Waals surface area contributed by atoms with Crippen molar-refractivity contribution in [3.8, 4) is 0 Å². The third-order valence-corrected chi connectivity index (χ3v) is 10.5. The number of aromatic nitrogens is 1. The molecule has 1 atom stereocenters. The Morgan fingerprint density at radius 2 is 1.89 bits per heavy atom. The molecule has 1 fully saturated rings. The van der Waals surface area contributed by atoms with Crippen molar-refractivity contribution in [1.29, 1.82) is 0 Å². The summed E-state index contributed by atoms with van der Waals surface area (Å²) in [5, 5.41) is 3.75. The number of benzene rings is 2. The summed E-state index contributed by atoms with van der Waals surface area (Å²) in [7, 11) is -3.96. The minimum Gasteiger partial charge on any atom is -0.330 e. The Bertz CT molecular complexity index is 1610. The number of sulfonamides is 1. The first kappa shape index (κ1) is 24.8. The fraction of sp³-hybridized carbons (Fsp3) is 0.259. The third-order valence-electron chi connectivity index (χ3n) is 6.97. The van der Waals surface area contributed by atoms with Crippen LogP contribution in [0.5, 0.6) is 0 Å². The molecule has 2 aromatic heterocycles. The summed E-state index contributed by atoms with van der Waals surface area (Å²) < 4.78 is 29.2. The monoisotopic (exact) mass is 571 g/mol. The number of nitrogens with zero attached hydrogens (tertiary/aromatic N) is 3. The number of rotatable bonds is 6. The van der Waals surface area contributed by atoms with Crippen LogP contribution < -0.4 is 0 Å². The number of hydrogen-bond donors (Lipinski definition) is 0. The fourth-order valence-electron chi connectivity index (χ4n) is 5.05. The van der Waals surface area contributed by atoms with Gasteiger partial charge in [0.05, 0.1) is 18.1 Å². The number of para-hydroxylation sites is 1. The topological polar surface area (TPSA) is 70.6 Å². The van der Waals surface area contributed by atoms with Gasteiger partial charge >= 0.3 is 0 Å². The summed E-state index contributed by atoms with van der Waals surface area (Å²) in [5.41, 5.74) is 2.21. The van der Waals surface area contributed by atoms with Crippen molar-refractivity contribution in [2.75, 3.05) is 13.1 Å². The van der Waals surface area contributed by atoms with Crippen LogP contribution in [-0.2, 0) is 21.2 Å². The molecule has 1 saturated carbocycles. The fourth-order valence-corrected chi connectivity index (χ4v) is 8.27. The lowest BCUT2D eigenvalue weighted by atomic mass is 9.93. The lowest BCUT2D eigenvalue weighted by Gasteiger charge is -2.38. The lowest BCUT2D eigenvalue weighted by Crippen LogP contribution is -2.47. The molecule has 1 amide bonds. The Morgan fingerprint density at radius 1 is 1.08 bits per heavy atom. The van der Waals surface area contributed by atoms with E-state index in [1.54, 1.807) is 52.8 Å². The molecule has 6 rings (SSSR count). The first-order valence-corrected chi connectivity index (χ1v) is 15.1. The molecular weight excluding hydrogens is 549 g/mol. The molecular formula is C27H23Cl2N3O3S2. The van der Waals surface area contributed by atoms with Crippen LogP contribution in [0.1, 0.15) is 34.9 Å². The highest BCUT2D eigenvalue weighted by atomic mass is 35.5. The minimum atomic E-state index is -3.96. The van der Waals surface area contributed by atoms with Crippen molar-refractivity contribution in [3.63, 3.8) is 0 Å². The second kappa shape index (κ2) is 9.67. The number of halogens is 2. The van der Waals surface area contributed by atoms with Crippen LogP contribution in [0.15, 0.2) is 71.1 Å². The van der Waals surface area contributed by atoms with Crippen molar-refractivity contribution in [2.45, 2.75) is 36.2 Å². The highest BCUT2D eigenvalue weighted by molar-refractivity contribution is 7.89. The number of carbonyl (C=O) groups is 1. The maximum Gasteiger partial charge on any atom is 0.245 e. The van der Waals surface area contributed by atoms with Gasteiger partial charge in [-0.05, 0) is 66.1 Å². The average molecular weight is 573 g/mol. The van der Waals surface area contributed by atoms with Crippen molar-refractivity contribution in [2.24, 2.45) is 0 Å². The van der Waals surface area contributed by atoms with Crippen LogP contribution in [-0.4, -0.2) is 47.6 Å². The van der Waals surface area contributed by atoms with Gasteiger partial charge in [0.15, 0.2) is 0 Å². The first-order chi connectivity index (χ1) is 17.8. The van der Waals surface area contributed by atoms with E-state index < -0.39 is 16.1 Å². The van der Waals surface area contributed by atoms with Crippen molar-refractivity contribution < 1.29 is 13.2 Å². The number of pyridine rings is 1. The zero-order chi connectivity index (χ0) is 25.7. The van der Waals surface area contributed by atoms with Crippen molar-refractivity contribution in [1.82, 2.24) is 14.2 Å². The molecule has 1 aliphatic carbocycles. The molecule has 0 N–H and O–H groups in total. The standard InChI is InChI=1S/C27H23Cl2N3O3S2/c28-18-6-9-20(22(29)15-18)27-21-11-14-36-23(21)10-13-31(27)25(33)16-32(19-7-8-19)37(34,35)24-5-1-3-17-4-2-12-30-26(17)24/h1-6,9,11-12,14-15,19,27H,7-8,10,13,16H2. The van der Waals surface area contributed by atoms with Crippen LogP contribution in [0.3, 0.4) is 0 Å². The number of fused-ring (bicyclic) bond motifs is 2. The molecule has 10 heteroatoms. The zero-order valence-corrected chi connectivity index (χ0v) is 22.8. The average Bonchev–Trinajstić information content (AvgIpc) is 3.61. The highest BCUT2D eigenvalue weighted by Gasteiger charge is 2.42. The van der Waals surface area contributed by atoms with Crippen molar-refractivity contribution in [3.05, 3.63) is 92.2 Å². The van der Waals surface area contributed by atoms with Gasteiger partial charge in [0.25, 0.3) is 0 Å². The first-order valence-electron chi connectivity index (χ1n) is 12.0. The van der Waals surface area contributed by atoms with Gasteiger partial charge in [-0.1, -0.05) is 47.5 Å². The van der Waals surface area contributed by atoms with E-state index in [-0.39, 0.29) is 23.4 Å². The maximum absolute atomic E-state index is 13.9. The third kappa shape index (κ3) is 4.55. The quantitative estimate of drug-likeness (QED) is 0.287. The minimum absolute atomic E-state index is 0.126. The molecule has 190 valence electrons. The molecule has 1 aliphatic heterocycles. The van der Waals surface area contributed by atoms with Gasteiger partial charge in [-0.3, -0.25) is 9.78 Å². The Kier molecular flexibility index (Phi) is 6.49. The normalized spacial score (nSPS) is 17.8. The number of carbonyl (C=O) groups excluding carboxylic acids is 1. The van der Waals surface area contributed by atoms with Crippen LogP contribution >= 0.6 is 34.5 Å².